The number of nitriles is 1. The van der Waals surface area contributed by atoms with Gasteiger partial charge in [0.15, 0.2) is 6.10 Å². The maximum Gasteiger partial charge on any atom is 0.181 e. The third-order valence-electron chi connectivity index (χ3n) is 2.19. The van der Waals surface area contributed by atoms with Crippen molar-refractivity contribution in [1.82, 2.24) is 4.98 Å². The summed E-state index contributed by atoms with van der Waals surface area (Å²) in [5, 5.41) is 10.4. The van der Waals surface area contributed by atoms with Crippen LogP contribution in [0.2, 0.25) is 10.0 Å². The number of benzene rings is 1. The fourth-order valence-electron chi connectivity index (χ4n) is 1.45. The summed E-state index contributed by atoms with van der Waals surface area (Å²) >= 11 is 12.0. The summed E-state index contributed by atoms with van der Waals surface area (Å²) in [6.45, 7) is 1.67. The van der Waals surface area contributed by atoms with Crippen molar-refractivity contribution < 1.29 is 4.74 Å². The number of halogens is 2. The van der Waals surface area contributed by atoms with Gasteiger partial charge in [-0.05, 0) is 13.0 Å². The Hall–Kier alpha value is -1.37. The van der Waals surface area contributed by atoms with E-state index in [1.54, 1.807) is 19.2 Å². The van der Waals surface area contributed by atoms with Gasteiger partial charge in [0.25, 0.3) is 0 Å². The van der Waals surface area contributed by atoms with Crippen molar-refractivity contribution in [2.24, 2.45) is 0 Å². The first-order valence-electron chi connectivity index (χ1n) is 4.65. The lowest BCUT2D eigenvalue weighted by molar-refractivity contribution is 0.280. The van der Waals surface area contributed by atoms with Crippen LogP contribution in [0.15, 0.2) is 18.3 Å². The topological polar surface area (TPSA) is 48.8 Å². The number of aromatic amines is 1. The molecular weight excluding hydrogens is 247 g/mol. The molecule has 0 aliphatic rings. The third kappa shape index (κ3) is 1.82. The minimum absolute atomic E-state index is 0.400. The molecule has 0 radical (unpaired) electrons. The normalized spacial score (nSPS) is 12.4. The molecule has 1 atom stereocenters. The van der Waals surface area contributed by atoms with Gasteiger partial charge in [-0.15, -0.1) is 0 Å². The van der Waals surface area contributed by atoms with Gasteiger partial charge in [0.1, 0.15) is 11.8 Å². The second kappa shape index (κ2) is 4.25. The Kier molecular flexibility index (Phi) is 2.95. The Morgan fingerprint density at radius 1 is 1.50 bits per heavy atom. The quantitative estimate of drug-likeness (QED) is 0.887. The van der Waals surface area contributed by atoms with Gasteiger partial charge in [0, 0.05) is 17.6 Å². The van der Waals surface area contributed by atoms with Crippen LogP contribution < -0.4 is 4.74 Å². The number of ether oxygens (including phenoxy) is 1. The number of hydrogen-bond acceptors (Lipinski definition) is 2. The first kappa shape index (κ1) is 11.1. The monoisotopic (exact) mass is 254 g/mol. The molecule has 0 saturated heterocycles. The van der Waals surface area contributed by atoms with Gasteiger partial charge >= 0.3 is 0 Å². The molecule has 0 spiro atoms. The van der Waals surface area contributed by atoms with Crippen LogP contribution in [0.3, 0.4) is 0 Å². The summed E-state index contributed by atoms with van der Waals surface area (Å²) in [5.41, 5.74) is 0.717. The molecule has 0 saturated carbocycles. The lowest BCUT2D eigenvalue weighted by atomic mass is 10.2. The average Bonchev–Trinajstić information content (AvgIpc) is 2.74. The molecular formula is C11H8Cl2N2O. The molecule has 1 aromatic carbocycles. The molecule has 0 aliphatic carbocycles. The van der Waals surface area contributed by atoms with Crippen molar-refractivity contribution in [3.05, 3.63) is 28.4 Å². The van der Waals surface area contributed by atoms with Crippen LogP contribution in [0.4, 0.5) is 0 Å². The Morgan fingerprint density at radius 3 is 2.94 bits per heavy atom. The van der Waals surface area contributed by atoms with Crippen LogP contribution in [0, 0.1) is 11.3 Å². The zero-order valence-corrected chi connectivity index (χ0v) is 9.93. The molecule has 1 N–H and O–H groups in total. The van der Waals surface area contributed by atoms with Crippen molar-refractivity contribution in [3.8, 4) is 11.8 Å². The van der Waals surface area contributed by atoms with E-state index in [4.69, 9.17) is 33.2 Å². The lowest BCUT2D eigenvalue weighted by Crippen LogP contribution is -2.08. The highest BCUT2D eigenvalue weighted by atomic mass is 35.5. The fraction of sp³-hybridized carbons (Fsp3) is 0.182. The molecule has 16 heavy (non-hydrogen) atoms. The second-order valence-electron chi connectivity index (χ2n) is 3.33. The average molecular weight is 255 g/mol. The molecule has 5 heteroatoms. The lowest BCUT2D eigenvalue weighted by Gasteiger charge is -2.10. The summed E-state index contributed by atoms with van der Waals surface area (Å²) in [6, 6.07) is 5.45. The van der Waals surface area contributed by atoms with E-state index in [2.05, 4.69) is 4.98 Å². The standard InChI is InChI=1S/C11H8Cl2N2O/c1-6(5-14)16-9-4-8(12)10(13)11-7(9)2-3-15-11/h2-4,6,15H,1H3. The molecule has 1 unspecified atom stereocenters. The first-order chi connectivity index (χ1) is 7.63. The highest BCUT2D eigenvalue weighted by Gasteiger charge is 2.13. The maximum atomic E-state index is 8.70. The van der Waals surface area contributed by atoms with Crippen LogP contribution >= 0.6 is 23.2 Å². The van der Waals surface area contributed by atoms with E-state index in [-0.39, 0.29) is 0 Å². The minimum Gasteiger partial charge on any atom is -0.475 e. The molecule has 82 valence electrons. The van der Waals surface area contributed by atoms with Gasteiger partial charge in [0.2, 0.25) is 0 Å². The van der Waals surface area contributed by atoms with Gasteiger partial charge < -0.3 is 9.72 Å². The zero-order chi connectivity index (χ0) is 11.7. The van der Waals surface area contributed by atoms with E-state index in [1.165, 1.54) is 0 Å². The molecule has 0 fully saturated rings. The summed E-state index contributed by atoms with van der Waals surface area (Å²) in [7, 11) is 0. The number of aromatic nitrogens is 1. The molecule has 1 aromatic heterocycles. The Bertz CT molecular complexity index is 571. The van der Waals surface area contributed by atoms with Crippen molar-refractivity contribution in [2.75, 3.05) is 0 Å². The van der Waals surface area contributed by atoms with Gasteiger partial charge in [-0.3, -0.25) is 0 Å². The summed E-state index contributed by atoms with van der Waals surface area (Å²) in [5.74, 6) is 0.555. The van der Waals surface area contributed by atoms with E-state index in [0.717, 1.165) is 5.39 Å². The van der Waals surface area contributed by atoms with Gasteiger partial charge in [0.05, 0.1) is 15.6 Å². The largest absolute Gasteiger partial charge is 0.475 e. The van der Waals surface area contributed by atoms with Crippen LogP contribution in [-0.4, -0.2) is 11.1 Å². The summed E-state index contributed by atoms with van der Waals surface area (Å²) in [4.78, 5) is 2.98. The molecule has 2 aromatic rings. The van der Waals surface area contributed by atoms with E-state index >= 15 is 0 Å². The summed E-state index contributed by atoms with van der Waals surface area (Å²) in [6.07, 6.45) is 1.21. The minimum atomic E-state index is -0.532. The molecule has 1 heterocycles. The highest BCUT2D eigenvalue weighted by molar-refractivity contribution is 6.45. The number of hydrogen-bond donors (Lipinski definition) is 1. The Labute approximate surface area is 103 Å². The smallest absolute Gasteiger partial charge is 0.181 e. The van der Waals surface area contributed by atoms with Gasteiger partial charge in [-0.25, -0.2) is 0 Å². The van der Waals surface area contributed by atoms with E-state index in [1.807, 2.05) is 12.1 Å². The number of rotatable bonds is 2. The van der Waals surface area contributed by atoms with Crippen molar-refractivity contribution >= 4 is 34.1 Å². The van der Waals surface area contributed by atoms with Crippen LogP contribution in [0.25, 0.3) is 10.9 Å². The van der Waals surface area contributed by atoms with Crippen LogP contribution in [0.1, 0.15) is 6.92 Å². The molecule has 0 aliphatic heterocycles. The summed E-state index contributed by atoms with van der Waals surface area (Å²) < 4.78 is 5.45. The van der Waals surface area contributed by atoms with Crippen LogP contribution in [0.5, 0.6) is 5.75 Å². The maximum absolute atomic E-state index is 8.70. The van der Waals surface area contributed by atoms with Crippen molar-refractivity contribution in [3.63, 3.8) is 0 Å². The molecule has 0 amide bonds. The Balaban J connectivity index is 2.58. The SMILES string of the molecule is CC(C#N)Oc1cc(Cl)c(Cl)c2[nH]ccc12. The fourth-order valence-corrected chi connectivity index (χ4v) is 1.85. The van der Waals surface area contributed by atoms with Gasteiger partial charge in [-0.2, -0.15) is 5.26 Å². The number of nitrogens with one attached hydrogen (secondary N) is 1. The molecule has 2 rings (SSSR count). The number of fused-ring (bicyclic) bond motifs is 1. The van der Waals surface area contributed by atoms with Crippen molar-refractivity contribution in [1.29, 1.82) is 5.26 Å². The Morgan fingerprint density at radius 2 is 2.25 bits per heavy atom. The van der Waals surface area contributed by atoms with Crippen molar-refractivity contribution in [2.45, 2.75) is 13.0 Å². The van der Waals surface area contributed by atoms with Gasteiger partial charge in [-0.1, -0.05) is 23.2 Å². The zero-order valence-electron chi connectivity index (χ0n) is 8.42. The first-order valence-corrected chi connectivity index (χ1v) is 5.40. The van der Waals surface area contributed by atoms with E-state index in [0.29, 0.717) is 21.3 Å². The molecule has 3 nitrogen and oxygen atoms in total. The molecule has 0 bridgehead atoms. The number of nitrogens with zero attached hydrogens (tertiary/aromatic N) is 1. The second-order valence-corrected chi connectivity index (χ2v) is 4.11. The highest BCUT2D eigenvalue weighted by Crippen LogP contribution is 2.37. The predicted octanol–water partition coefficient (Wildman–Crippen LogP) is 3.77. The predicted molar refractivity (Wildman–Crippen MR) is 64.0 cm³/mol. The van der Waals surface area contributed by atoms with E-state index in [9.17, 15) is 0 Å². The third-order valence-corrected chi connectivity index (χ3v) is 2.97. The van der Waals surface area contributed by atoms with Crippen LogP contribution in [-0.2, 0) is 0 Å². The number of H-pyrrole nitrogens is 1. The van der Waals surface area contributed by atoms with E-state index < -0.39 is 6.10 Å².